The Morgan fingerprint density at radius 3 is 2.43 bits per heavy atom. The van der Waals surface area contributed by atoms with E-state index in [-0.39, 0.29) is 36.2 Å². The van der Waals surface area contributed by atoms with E-state index in [0.29, 0.717) is 18.6 Å². The normalized spacial score (nSPS) is 23.7. The summed E-state index contributed by atoms with van der Waals surface area (Å²) in [5.74, 6) is -0.524. The molecule has 0 bridgehead atoms. The number of esters is 1. The van der Waals surface area contributed by atoms with Gasteiger partial charge in [0.25, 0.3) is 0 Å². The molecule has 7 nitrogen and oxygen atoms in total. The summed E-state index contributed by atoms with van der Waals surface area (Å²) < 4.78 is 11.1. The van der Waals surface area contributed by atoms with Crippen molar-refractivity contribution in [3.8, 4) is 0 Å². The van der Waals surface area contributed by atoms with Crippen LogP contribution in [0.4, 0.5) is 0 Å². The molecule has 0 saturated heterocycles. The Kier molecular flexibility index (Phi) is 9.71. The zero-order chi connectivity index (χ0) is 16.7. The summed E-state index contributed by atoms with van der Waals surface area (Å²) in [5, 5.41) is 2.84. The van der Waals surface area contributed by atoms with Crippen LogP contribution in [0.15, 0.2) is 11.6 Å². The number of rotatable bonds is 7. The summed E-state index contributed by atoms with van der Waals surface area (Å²) in [7, 11) is 0. The molecule has 0 aliphatic heterocycles. The molecule has 7 heteroatoms. The van der Waals surface area contributed by atoms with Crippen molar-refractivity contribution in [3.63, 3.8) is 0 Å². The third kappa shape index (κ3) is 6.29. The van der Waals surface area contributed by atoms with Crippen LogP contribution >= 0.6 is 0 Å². The fourth-order valence-corrected chi connectivity index (χ4v) is 2.62. The first-order valence-corrected chi connectivity index (χ1v) is 7.98. The molecule has 0 saturated carbocycles. The number of nitrogens with two attached hydrogens (primary N) is 1. The number of carbonyl (C=O) groups excluding carboxylic acids is 2. The average Bonchev–Trinajstić information content (AvgIpc) is 2.47. The zero-order valence-electron chi connectivity index (χ0n) is 14.6. The molecule has 1 rings (SSSR count). The molecular weight excluding hydrogens is 298 g/mol. The number of hydrogen-bond acceptors (Lipinski definition) is 6. The van der Waals surface area contributed by atoms with Gasteiger partial charge in [-0.3, -0.25) is 4.79 Å². The second kappa shape index (κ2) is 10.4. The number of hydrogen-bond donors (Lipinski definition) is 3. The van der Waals surface area contributed by atoms with Gasteiger partial charge in [0.15, 0.2) is 0 Å². The highest BCUT2D eigenvalue weighted by Crippen LogP contribution is 2.24. The number of nitrogens with one attached hydrogen (secondary N) is 1. The van der Waals surface area contributed by atoms with E-state index in [9.17, 15) is 9.59 Å². The molecule has 1 aliphatic carbocycles. The lowest BCUT2D eigenvalue weighted by Gasteiger charge is -2.36. The molecule has 0 fully saturated rings. The Morgan fingerprint density at radius 2 is 1.96 bits per heavy atom. The highest BCUT2D eigenvalue weighted by Gasteiger charge is 2.35. The van der Waals surface area contributed by atoms with Gasteiger partial charge in [-0.2, -0.15) is 0 Å². The van der Waals surface area contributed by atoms with Crippen molar-refractivity contribution in [2.45, 2.75) is 71.2 Å². The Morgan fingerprint density at radius 1 is 1.35 bits per heavy atom. The van der Waals surface area contributed by atoms with Crippen LogP contribution in [0.1, 0.15) is 47.0 Å². The summed E-state index contributed by atoms with van der Waals surface area (Å²) in [6.07, 6.45) is 3.48. The van der Waals surface area contributed by atoms with Gasteiger partial charge in [0.2, 0.25) is 5.91 Å². The van der Waals surface area contributed by atoms with Crippen LogP contribution in [0.3, 0.4) is 0 Å². The first-order chi connectivity index (χ1) is 10.4. The molecule has 3 atom stereocenters. The Balaban J connectivity index is 0.00000484. The highest BCUT2D eigenvalue weighted by molar-refractivity contribution is 5.89. The van der Waals surface area contributed by atoms with Crippen LogP contribution in [0.2, 0.25) is 0 Å². The van der Waals surface area contributed by atoms with Crippen molar-refractivity contribution in [2.24, 2.45) is 5.73 Å². The summed E-state index contributed by atoms with van der Waals surface area (Å²) in [5.41, 5.74) is 6.68. The molecule has 0 spiro atoms. The van der Waals surface area contributed by atoms with E-state index in [2.05, 4.69) is 5.32 Å². The summed E-state index contributed by atoms with van der Waals surface area (Å²) >= 11 is 0. The van der Waals surface area contributed by atoms with Gasteiger partial charge >= 0.3 is 5.97 Å². The molecule has 0 radical (unpaired) electrons. The maximum absolute atomic E-state index is 12.0. The van der Waals surface area contributed by atoms with Crippen molar-refractivity contribution in [1.82, 2.24) is 11.5 Å². The standard InChI is InChI=1S/C16H28N2O4.H3N/c1-5-12(6-2)22-14-9-11(16(20)21-7-3)8-13(17)15(14)18-10(4)19;/h9,12-15H,5-8,17H2,1-4H3,(H,18,19);1H3/t13-,14+,15+;/m0./s1. The smallest absolute Gasteiger partial charge is 0.333 e. The Bertz CT molecular complexity index is 422. The third-order valence-electron chi connectivity index (χ3n) is 3.80. The predicted octanol–water partition coefficient (Wildman–Crippen LogP) is 1.45. The van der Waals surface area contributed by atoms with Gasteiger partial charge in [0, 0.05) is 18.5 Å². The zero-order valence-corrected chi connectivity index (χ0v) is 14.6. The lowest BCUT2D eigenvalue weighted by Crippen LogP contribution is -2.57. The van der Waals surface area contributed by atoms with E-state index < -0.39 is 6.10 Å². The van der Waals surface area contributed by atoms with Gasteiger partial charge < -0.3 is 26.7 Å². The largest absolute Gasteiger partial charge is 0.463 e. The molecule has 1 aliphatic rings. The van der Waals surface area contributed by atoms with Crippen molar-refractivity contribution in [3.05, 3.63) is 11.6 Å². The van der Waals surface area contributed by atoms with E-state index >= 15 is 0 Å². The summed E-state index contributed by atoms with van der Waals surface area (Å²) in [6, 6.07) is -0.719. The minimum Gasteiger partial charge on any atom is -0.463 e. The maximum atomic E-state index is 12.0. The molecule has 23 heavy (non-hydrogen) atoms. The predicted molar refractivity (Wildman–Crippen MR) is 89.2 cm³/mol. The van der Waals surface area contributed by atoms with Crippen LogP contribution in [0.5, 0.6) is 0 Å². The molecule has 0 aromatic rings. The lowest BCUT2D eigenvalue weighted by atomic mass is 9.88. The average molecular weight is 329 g/mol. The quantitative estimate of drug-likeness (QED) is 0.607. The van der Waals surface area contributed by atoms with Crippen LogP contribution in [0.25, 0.3) is 0 Å². The van der Waals surface area contributed by atoms with E-state index in [1.54, 1.807) is 13.0 Å². The molecule has 6 N–H and O–H groups in total. The lowest BCUT2D eigenvalue weighted by molar-refractivity contribution is -0.139. The van der Waals surface area contributed by atoms with Crippen LogP contribution in [-0.2, 0) is 19.1 Å². The van der Waals surface area contributed by atoms with Gasteiger partial charge in [0.1, 0.15) is 0 Å². The highest BCUT2D eigenvalue weighted by atomic mass is 16.5. The van der Waals surface area contributed by atoms with E-state index in [1.807, 2.05) is 13.8 Å². The summed E-state index contributed by atoms with van der Waals surface area (Å²) in [6.45, 7) is 7.62. The number of amides is 1. The number of ether oxygens (including phenoxy) is 2. The van der Waals surface area contributed by atoms with E-state index in [4.69, 9.17) is 15.2 Å². The Labute approximate surface area is 138 Å². The molecule has 0 aromatic heterocycles. The molecule has 0 heterocycles. The third-order valence-corrected chi connectivity index (χ3v) is 3.80. The fraction of sp³-hybridized carbons (Fsp3) is 0.750. The second-order valence-electron chi connectivity index (χ2n) is 5.55. The minimum atomic E-state index is -0.419. The topological polar surface area (TPSA) is 126 Å². The fourth-order valence-electron chi connectivity index (χ4n) is 2.62. The number of carbonyl (C=O) groups is 2. The molecule has 0 aromatic carbocycles. The van der Waals surface area contributed by atoms with E-state index in [0.717, 1.165) is 12.8 Å². The van der Waals surface area contributed by atoms with Crippen molar-refractivity contribution < 1.29 is 19.1 Å². The SMILES string of the molecule is CCOC(=O)C1=C[C@@H](OC(CC)CC)[C@H](NC(C)=O)[C@@H](N)C1.N. The first kappa shape index (κ1) is 21.6. The second-order valence-corrected chi connectivity index (χ2v) is 5.55. The summed E-state index contributed by atoms with van der Waals surface area (Å²) in [4.78, 5) is 23.4. The maximum Gasteiger partial charge on any atom is 0.333 e. The van der Waals surface area contributed by atoms with Crippen molar-refractivity contribution >= 4 is 11.9 Å². The van der Waals surface area contributed by atoms with Crippen LogP contribution < -0.4 is 17.2 Å². The molecule has 0 unspecified atom stereocenters. The minimum absolute atomic E-state index is 0. The van der Waals surface area contributed by atoms with Gasteiger partial charge in [-0.25, -0.2) is 4.79 Å². The van der Waals surface area contributed by atoms with Gasteiger partial charge in [-0.15, -0.1) is 0 Å². The van der Waals surface area contributed by atoms with Crippen molar-refractivity contribution in [1.29, 1.82) is 0 Å². The Hall–Kier alpha value is -1.44. The van der Waals surface area contributed by atoms with Gasteiger partial charge in [0.05, 0.1) is 24.9 Å². The van der Waals surface area contributed by atoms with Gasteiger partial charge in [-0.1, -0.05) is 13.8 Å². The van der Waals surface area contributed by atoms with Crippen LogP contribution in [0, 0.1) is 0 Å². The van der Waals surface area contributed by atoms with Crippen LogP contribution in [-0.4, -0.2) is 42.8 Å². The monoisotopic (exact) mass is 329 g/mol. The van der Waals surface area contributed by atoms with E-state index in [1.165, 1.54) is 6.92 Å². The van der Waals surface area contributed by atoms with Crippen molar-refractivity contribution in [2.75, 3.05) is 6.61 Å². The first-order valence-electron chi connectivity index (χ1n) is 7.98. The van der Waals surface area contributed by atoms with Gasteiger partial charge in [-0.05, 0) is 32.3 Å². The molecule has 1 amide bonds. The molecule has 134 valence electrons. The molecular formula is C16H31N3O4.